The van der Waals surface area contributed by atoms with Crippen LogP contribution in [0.5, 0.6) is 0 Å². The van der Waals surface area contributed by atoms with Crippen LogP contribution >= 0.6 is 15.9 Å². The number of aliphatic hydroxyl groups excluding tert-OH is 1. The van der Waals surface area contributed by atoms with Crippen LogP contribution in [0, 0.1) is 6.92 Å². The molecule has 1 aromatic carbocycles. The molecule has 0 spiro atoms. The van der Waals surface area contributed by atoms with Crippen molar-refractivity contribution in [3.8, 4) is 5.69 Å². The number of halogens is 1. The fraction of sp³-hybridized carbons (Fsp3) is 0.167. The molecule has 3 heteroatoms. The summed E-state index contributed by atoms with van der Waals surface area (Å²) >= 11 is 3.53. The highest BCUT2D eigenvalue weighted by atomic mass is 79.9. The van der Waals surface area contributed by atoms with Crippen LogP contribution in [0.25, 0.3) is 5.69 Å². The minimum atomic E-state index is 0.0489. The number of aromatic nitrogens is 1. The molecule has 0 radical (unpaired) electrons. The molecule has 0 amide bonds. The van der Waals surface area contributed by atoms with Gasteiger partial charge in [0.25, 0.3) is 0 Å². The highest BCUT2D eigenvalue weighted by Crippen LogP contribution is 2.23. The van der Waals surface area contributed by atoms with Gasteiger partial charge in [-0.1, -0.05) is 6.07 Å². The Bertz CT molecular complexity index is 476. The monoisotopic (exact) mass is 265 g/mol. The van der Waals surface area contributed by atoms with Gasteiger partial charge in [-0.15, -0.1) is 0 Å². The first-order valence-corrected chi connectivity index (χ1v) is 5.55. The van der Waals surface area contributed by atoms with Crippen molar-refractivity contribution in [1.29, 1.82) is 0 Å². The van der Waals surface area contributed by atoms with Crippen LogP contribution < -0.4 is 0 Å². The number of rotatable bonds is 2. The van der Waals surface area contributed by atoms with E-state index in [2.05, 4.69) is 35.0 Å². The Morgan fingerprint density at radius 3 is 2.80 bits per heavy atom. The topological polar surface area (TPSA) is 25.2 Å². The third-order valence-corrected chi connectivity index (χ3v) is 2.99. The van der Waals surface area contributed by atoms with Crippen molar-refractivity contribution in [3.63, 3.8) is 0 Å². The molecule has 0 aliphatic carbocycles. The summed E-state index contributed by atoms with van der Waals surface area (Å²) in [4.78, 5) is 0. The molecule has 0 aliphatic rings. The molecule has 0 atom stereocenters. The summed E-state index contributed by atoms with van der Waals surface area (Å²) in [5.74, 6) is 0. The van der Waals surface area contributed by atoms with Gasteiger partial charge in [0.1, 0.15) is 0 Å². The number of nitrogens with zero attached hydrogens (tertiary/aromatic N) is 1. The summed E-state index contributed by atoms with van der Waals surface area (Å²) in [5.41, 5.74) is 3.15. The molecular weight excluding hydrogens is 254 g/mol. The van der Waals surface area contributed by atoms with Crippen molar-refractivity contribution in [2.75, 3.05) is 0 Å². The van der Waals surface area contributed by atoms with Crippen molar-refractivity contribution >= 4 is 15.9 Å². The van der Waals surface area contributed by atoms with E-state index < -0.39 is 0 Å². The molecule has 78 valence electrons. The average Bonchev–Trinajstić information content (AvgIpc) is 2.65. The van der Waals surface area contributed by atoms with E-state index in [4.69, 9.17) is 0 Å². The van der Waals surface area contributed by atoms with Gasteiger partial charge in [-0.25, -0.2) is 0 Å². The van der Waals surface area contributed by atoms with Crippen LogP contribution in [-0.4, -0.2) is 9.67 Å². The predicted molar refractivity (Wildman–Crippen MR) is 64.1 cm³/mol. The zero-order valence-electron chi connectivity index (χ0n) is 8.44. The molecule has 0 aliphatic heterocycles. The molecule has 0 saturated heterocycles. The molecule has 1 heterocycles. The van der Waals surface area contributed by atoms with E-state index in [9.17, 15) is 5.11 Å². The maximum absolute atomic E-state index is 9.18. The molecule has 1 aromatic heterocycles. The summed E-state index contributed by atoms with van der Waals surface area (Å²) in [6, 6.07) is 10.0. The van der Waals surface area contributed by atoms with Crippen LogP contribution in [0.2, 0.25) is 0 Å². The molecule has 0 unspecified atom stereocenters. The minimum Gasteiger partial charge on any atom is -0.390 e. The minimum absolute atomic E-state index is 0.0489. The zero-order chi connectivity index (χ0) is 10.8. The van der Waals surface area contributed by atoms with Crippen LogP contribution in [0.15, 0.2) is 41.0 Å². The van der Waals surface area contributed by atoms with Crippen LogP contribution in [0.4, 0.5) is 0 Å². The lowest BCUT2D eigenvalue weighted by atomic mass is 10.2. The van der Waals surface area contributed by atoms with Crippen molar-refractivity contribution in [2.24, 2.45) is 0 Å². The number of aliphatic hydroxyl groups is 1. The van der Waals surface area contributed by atoms with Gasteiger partial charge in [-0.3, -0.25) is 0 Å². The fourth-order valence-corrected chi connectivity index (χ4v) is 2.27. The third-order valence-electron chi connectivity index (χ3n) is 2.36. The van der Waals surface area contributed by atoms with E-state index in [-0.39, 0.29) is 6.61 Å². The Morgan fingerprint density at radius 2 is 2.13 bits per heavy atom. The van der Waals surface area contributed by atoms with Crippen molar-refractivity contribution in [3.05, 3.63) is 52.3 Å². The second kappa shape index (κ2) is 4.21. The summed E-state index contributed by atoms with van der Waals surface area (Å²) in [6.45, 7) is 2.10. The van der Waals surface area contributed by atoms with E-state index >= 15 is 0 Å². The standard InChI is InChI=1S/C12H12BrNO/c1-9-4-5-12(11(13)7-9)14-6-2-3-10(14)8-15/h2-7,15H,8H2,1H3. The lowest BCUT2D eigenvalue weighted by Gasteiger charge is -2.10. The summed E-state index contributed by atoms with van der Waals surface area (Å²) < 4.78 is 3.01. The van der Waals surface area contributed by atoms with E-state index in [0.717, 1.165) is 15.9 Å². The van der Waals surface area contributed by atoms with E-state index in [1.54, 1.807) is 0 Å². The lowest BCUT2D eigenvalue weighted by Crippen LogP contribution is -1.99. The Balaban J connectivity index is 2.54. The highest BCUT2D eigenvalue weighted by Gasteiger charge is 2.05. The second-order valence-electron chi connectivity index (χ2n) is 3.48. The summed E-state index contributed by atoms with van der Waals surface area (Å²) in [5, 5.41) is 9.18. The molecule has 0 saturated carbocycles. The first-order chi connectivity index (χ1) is 7.22. The molecule has 15 heavy (non-hydrogen) atoms. The molecular formula is C12H12BrNO. The van der Waals surface area contributed by atoms with E-state index in [1.807, 2.05) is 29.0 Å². The Hall–Kier alpha value is -1.06. The van der Waals surface area contributed by atoms with Gasteiger partial charge in [-0.2, -0.15) is 0 Å². The van der Waals surface area contributed by atoms with Crippen LogP contribution in [0.3, 0.4) is 0 Å². The average molecular weight is 266 g/mol. The predicted octanol–water partition coefficient (Wildman–Crippen LogP) is 3.04. The number of aryl methyl sites for hydroxylation is 1. The first kappa shape index (κ1) is 10.5. The quantitative estimate of drug-likeness (QED) is 0.888. The van der Waals surface area contributed by atoms with Crippen LogP contribution in [-0.2, 0) is 6.61 Å². The molecule has 2 aromatic rings. The lowest BCUT2D eigenvalue weighted by molar-refractivity contribution is 0.274. The largest absolute Gasteiger partial charge is 0.390 e. The zero-order valence-corrected chi connectivity index (χ0v) is 10.0. The van der Waals surface area contributed by atoms with Crippen LogP contribution in [0.1, 0.15) is 11.3 Å². The second-order valence-corrected chi connectivity index (χ2v) is 4.34. The molecule has 1 N–H and O–H groups in total. The van der Waals surface area contributed by atoms with E-state index in [0.29, 0.717) is 0 Å². The van der Waals surface area contributed by atoms with Crippen molar-refractivity contribution < 1.29 is 5.11 Å². The molecule has 2 nitrogen and oxygen atoms in total. The SMILES string of the molecule is Cc1ccc(-n2cccc2CO)c(Br)c1. The van der Waals surface area contributed by atoms with Gasteiger partial charge in [0, 0.05) is 16.4 Å². The first-order valence-electron chi connectivity index (χ1n) is 4.76. The van der Waals surface area contributed by atoms with Crippen molar-refractivity contribution in [1.82, 2.24) is 4.57 Å². The van der Waals surface area contributed by atoms with Gasteiger partial charge in [0.15, 0.2) is 0 Å². The molecule has 2 rings (SSSR count). The third kappa shape index (κ3) is 1.98. The molecule has 0 fully saturated rings. The summed E-state index contributed by atoms with van der Waals surface area (Å²) in [6.07, 6.45) is 1.95. The number of benzene rings is 1. The Labute approximate surface area is 97.3 Å². The van der Waals surface area contributed by atoms with Gasteiger partial charge in [-0.05, 0) is 52.7 Å². The van der Waals surface area contributed by atoms with Gasteiger partial charge in [0.2, 0.25) is 0 Å². The number of hydrogen-bond acceptors (Lipinski definition) is 1. The summed E-state index contributed by atoms with van der Waals surface area (Å²) in [7, 11) is 0. The van der Waals surface area contributed by atoms with Gasteiger partial charge < -0.3 is 9.67 Å². The van der Waals surface area contributed by atoms with E-state index in [1.165, 1.54) is 5.56 Å². The Kier molecular flexibility index (Phi) is 2.93. The fourth-order valence-electron chi connectivity index (χ4n) is 1.59. The highest BCUT2D eigenvalue weighted by molar-refractivity contribution is 9.10. The number of hydrogen-bond donors (Lipinski definition) is 1. The normalized spacial score (nSPS) is 10.6. The van der Waals surface area contributed by atoms with Crippen molar-refractivity contribution in [2.45, 2.75) is 13.5 Å². The maximum Gasteiger partial charge on any atom is 0.0836 e. The smallest absolute Gasteiger partial charge is 0.0836 e. The van der Waals surface area contributed by atoms with Gasteiger partial charge >= 0.3 is 0 Å². The van der Waals surface area contributed by atoms with Gasteiger partial charge in [0.05, 0.1) is 12.3 Å². The molecule has 0 bridgehead atoms. The maximum atomic E-state index is 9.18. The Morgan fingerprint density at radius 1 is 1.33 bits per heavy atom.